The zero-order chi connectivity index (χ0) is 15.9. The van der Waals surface area contributed by atoms with Crippen molar-refractivity contribution < 1.29 is 40.0 Å². The van der Waals surface area contributed by atoms with E-state index in [-0.39, 0.29) is 12.2 Å². The highest BCUT2D eigenvalue weighted by atomic mass is 32.2. The van der Waals surface area contributed by atoms with E-state index in [2.05, 4.69) is 4.18 Å². The summed E-state index contributed by atoms with van der Waals surface area (Å²) in [6.07, 6.45) is 2.39. The van der Waals surface area contributed by atoms with Crippen molar-refractivity contribution in [3.63, 3.8) is 0 Å². The predicted octanol–water partition coefficient (Wildman–Crippen LogP) is 1.45. The topological polar surface area (TPSA) is 71.1 Å². The van der Waals surface area contributed by atoms with Crippen molar-refractivity contribution in [3.8, 4) is 0 Å². The first-order valence-corrected chi connectivity index (χ1v) is 7.18. The quantitative estimate of drug-likeness (QED) is 0.329. The lowest BCUT2D eigenvalue weighted by Crippen LogP contribution is -2.47. The largest absolute Gasteiger partial charge is 0.534 e. The maximum Gasteiger partial charge on any atom is 0.534 e. The number of fused-ring (bicyclic) bond motifs is 2. The van der Waals surface area contributed by atoms with Crippen LogP contribution in [0, 0.1) is 0 Å². The normalized spacial score (nSPS) is 28.9. The first kappa shape index (κ1) is 16.3. The van der Waals surface area contributed by atoms with Crippen LogP contribution in [0.2, 0.25) is 0 Å². The fraction of sp³-hybridized carbons (Fsp3) is 0.636. The minimum atomic E-state index is -5.72. The highest BCUT2D eigenvalue weighted by Crippen LogP contribution is 2.41. The predicted molar refractivity (Wildman–Crippen MR) is 63.3 cm³/mol. The lowest BCUT2D eigenvalue weighted by Gasteiger charge is -2.37. The summed E-state index contributed by atoms with van der Waals surface area (Å²) < 4.78 is 79.0. The van der Waals surface area contributed by atoms with Crippen LogP contribution in [0.1, 0.15) is 6.42 Å². The van der Waals surface area contributed by atoms with Gasteiger partial charge in [-0.25, -0.2) is 0 Å². The summed E-state index contributed by atoms with van der Waals surface area (Å²) in [4.78, 5) is 0. The second kappa shape index (κ2) is 5.27. The summed E-state index contributed by atoms with van der Waals surface area (Å²) in [5.41, 5.74) is -6.72. The van der Waals surface area contributed by atoms with Crippen LogP contribution >= 0.6 is 0 Å². The van der Waals surface area contributed by atoms with Crippen LogP contribution in [-0.2, 0) is 28.5 Å². The van der Waals surface area contributed by atoms with Gasteiger partial charge in [-0.2, -0.15) is 21.6 Å². The molecule has 2 heterocycles. The molecule has 120 valence electrons. The van der Waals surface area contributed by atoms with Crippen LogP contribution in [0.25, 0.3) is 0 Å². The molecule has 10 heteroatoms. The maximum absolute atomic E-state index is 12.3. The summed E-state index contributed by atoms with van der Waals surface area (Å²) in [5, 5.41) is 0. The van der Waals surface area contributed by atoms with E-state index < -0.39 is 33.6 Å². The molecular weight excluding hydrogens is 317 g/mol. The SMILES string of the molecule is COC(OC)C12C=CC(C=C(OS(=O)(=O)C(F)(F)F)C1)O2. The summed E-state index contributed by atoms with van der Waals surface area (Å²) in [5.74, 6) is -0.368. The van der Waals surface area contributed by atoms with Gasteiger partial charge in [0, 0.05) is 20.6 Å². The molecule has 0 spiro atoms. The molecule has 0 amide bonds. The third-order valence-corrected chi connectivity index (χ3v) is 4.05. The third-order valence-electron chi connectivity index (χ3n) is 3.05. The van der Waals surface area contributed by atoms with E-state index in [1.165, 1.54) is 14.2 Å². The van der Waals surface area contributed by atoms with Crippen molar-refractivity contribution in [2.45, 2.75) is 29.9 Å². The first-order chi connectivity index (χ1) is 9.63. The van der Waals surface area contributed by atoms with E-state index in [1.807, 2.05) is 0 Å². The Kier molecular flexibility index (Phi) is 4.08. The number of hydrogen-bond acceptors (Lipinski definition) is 6. The second-order valence-electron chi connectivity index (χ2n) is 4.49. The number of alkyl halides is 3. The van der Waals surface area contributed by atoms with Gasteiger partial charge in [-0.15, -0.1) is 0 Å². The molecule has 2 atom stereocenters. The van der Waals surface area contributed by atoms with Gasteiger partial charge in [0.25, 0.3) is 0 Å². The van der Waals surface area contributed by atoms with Gasteiger partial charge in [0.05, 0.1) is 6.10 Å². The summed E-state index contributed by atoms with van der Waals surface area (Å²) in [6, 6.07) is 0. The molecule has 0 aromatic heterocycles. The van der Waals surface area contributed by atoms with Gasteiger partial charge in [-0.05, 0) is 12.2 Å². The van der Waals surface area contributed by atoms with E-state index in [9.17, 15) is 21.6 Å². The molecular formula is C11H13F3O6S. The maximum atomic E-state index is 12.3. The Morgan fingerprint density at radius 3 is 2.52 bits per heavy atom. The third kappa shape index (κ3) is 2.93. The highest BCUT2D eigenvalue weighted by molar-refractivity contribution is 7.87. The van der Waals surface area contributed by atoms with Gasteiger partial charge < -0.3 is 18.4 Å². The van der Waals surface area contributed by atoms with Gasteiger partial charge in [-0.1, -0.05) is 6.08 Å². The Balaban J connectivity index is 2.23. The molecule has 0 aliphatic carbocycles. The smallest absolute Gasteiger partial charge is 0.381 e. The Hall–Kier alpha value is -1.10. The molecule has 2 bridgehead atoms. The van der Waals surface area contributed by atoms with Crippen molar-refractivity contribution >= 4 is 10.1 Å². The Morgan fingerprint density at radius 1 is 1.38 bits per heavy atom. The summed E-state index contributed by atoms with van der Waals surface area (Å²) >= 11 is 0. The van der Waals surface area contributed by atoms with Gasteiger partial charge in [0.15, 0.2) is 6.29 Å². The Labute approximate surface area is 119 Å². The zero-order valence-corrected chi connectivity index (χ0v) is 11.9. The molecule has 0 saturated carbocycles. The molecule has 2 aliphatic rings. The molecule has 0 N–H and O–H groups in total. The molecule has 2 unspecified atom stereocenters. The van der Waals surface area contributed by atoms with Crippen molar-refractivity contribution in [2.75, 3.05) is 14.2 Å². The average Bonchev–Trinajstić information content (AvgIpc) is 2.65. The van der Waals surface area contributed by atoms with E-state index >= 15 is 0 Å². The molecule has 0 fully saturated rings. The first-order valence-electron chi connectivity index (χ1n) is 5.78. The molecule has 0 saturated heterocycles. The minimum absolute atomic E-state index is 0.262. The van der Waals surface area contributed by atoms with Gasteiger partial charge in [-0.3, -0.25) is 0 Å². The highest BCUT2D eigenvalue weighted by Gasteiger charge is 2.52. The van der Waals surface area contributed by atoms with E-state index in [0.29, 0.717) is 0 Å². The number of halogens is 3. The monoisotopic (exact) mass is 330 g/mol. The Morgan fingerprint density at radius 2 is 2.00 bits per heavy atom. The minimum Gasteiger partial charge on any atom is -0.381 e. The molecule has 0 aromatic carbocycles. The van der Waals surface area contributed by atoms with E-state index in [4.69, 9.17) is 14.2 Å². The van der Waals surface area contributed by atoms with Crippen LogP contribution in [0.3, 0.4) is 0 Å². The van der Waals surface area contributed by atoms with Crippen molar-refractivity contribution in [1.29, 1.82) is 0 Å². The second-order valence-corrected chi connectivity index (χ2v) is 6.03. The Bertz CT molecular complexity index is 563. The lowest BCUT2D eigenvalue weighted by molar-refractivity contribution is -0.217. The van der Waals surface area contributed by atoms with Gasteiger partial charge in [0.2, 0.25) is 0 Å². The van der Waals surface area contributed by atoms with Gasteiger partial charge in [0.1, 0.15) is 11.4 Å². The number of methoxy groups -OCH3 is 2. The van der Waals surface area contributed by atoms with Gasteiger partial charge >= 0.3 is 15.6 Å². The van der Waals surface area contributed by atoms with Crippen molar-refractivity contribution in [1.82, 2.24) is 0 Å². The van der Waals surface area contributed by atoms with Crippen LogP contribution in [0.4, 0.5) is 13.2 Å². The van der Waals surface area contributed by atoms with Crippen molar-refractivity contribution in [2.24, 2.45) is 0 Å². The molecule has 0 aromatic rings. The number of rotatable bonds is 5. The van der Waals surface area contributed by atoms with Crippen LogP contribution < -0.4 is 0 Å². The van der Waals surface area contributed by atoms with Crippen LogP contribution in [0.5, 0.6) is 0 Å². The van der Waals surface area contributed by atoms with Crippen molar-refractivity contribution in [3.05, 3.63) is 24.0 Å². The standard InChI is InChI=1S/C11H13F3O6S/c1-17-9(18-2)10-4-3-7(19-10)5-8(6-10)20-21(15,16)11(12,13)14/h3-5,7,9H,6H2,1-2H3. The number of hydrogen-bond donors (Lipinski definition) is 0. The number of ether oxygens (including phenoxy) is 3. The molecule has 0 radical (unpaired) electrons. The molecule has 2 rings (SSSR count). The summed E-state index contributed by atoms with van der Waals surface area (Å²) in [7, 11) is -3.05. The van der Waals surface area contributed by atoms with E-state index in [0.717, 1.165) is 6.08 Å². The lowest BCUT2D eigenvalue weighted by atomic mass is 9.97. The van der Waals surface area contributed by atoms with Crippen LogP contribution in [0.15, 0.2) is 24.0 Å². The molecule has 2 aliphatic heterocycles. The zero-order valence-electron chi connectivity index (χ0n) is 11.1. The fourth-order valence-corrected chi connectivity index (χ4v) is 2.74. The molecule has 6 nitrogen and oxygen atoms in total. The van der Waals surface area contributed by atoms with E-state index in [1.54, 1.807) is 12.2 Å². The summed E-state index contributed by atoms with van der Waals surface area (Å²) in [6.45, 7) is 0. The van der Waals surface area contributed by atoms with Crippen LogP contribution in [-0.4, -0.2) is 46.1 Å². The fourth-order valence-electron chi connectivity index (χ4n) is 2.25. The molecule has 21 heavy (non-hydrogen) atoms. The average molecular weight is 330 g/mol.